The highest BCUT2D eigenvalue weighted by atomic mass is 16.5. The molecule has 0 amide bonds. The van der Waals surface area contributed by atoms with Gasteiger partial charge in [-0.25, -0.2) is 0 Å². The van der Waals surface area contributed by atoms with Crippen molar-refractivity contribution < 1.29 is 9.47 Å². The molecule has 1 unspecified atom stereocenters. The van der Waals surface area contributed by atoms with Crippen molar-refractivity contribution in [3.63, 3.8) is 0 Å². The zero-order chi connectivity index (χ0) is 10.8. The highest BCUT2D eigenvalue weighted by molar-refractivity contribution is 4.87. The maximum Gasteiger partial charge on any atom is 0.0672 e. The second-order valence-electron chi connectivity index (χ2n) is 3.77. The van der Waals surface area contributed by atoms with Gasteiger partial charge in [0.2, 0.25) is 0 Å². The molecule has 1 atom stereocenters. The van der Waals surface area contributed by atoms with Gasteiger partial charge in [-0.2, -0.15) is 0 Å². The molecule has 0 aromatic carbocycles. The van der Waals surface area contributed by atoms with Gasteiger partial charge in [0.15, 0.2) is 0 Å². The fourth-order valence-electron chi connectivity index (χ4n) is 1.08. The summed E-state index contributed by atoms with van der Waals surface area (Å²) in [5, 5.41) is 3.31. The van der Waals surface area contributed by atoms with E-state index in [-0.39, 0.29) is 0 Å². The third-order valence-electron chi connectivity index (χ3n) is 1.72. The number of nitrogens with one attached hydrogen (secondary N) is 1. The first kappa shape index (κ1) is 13.6. The maximum absolute atomic E-state index is 5.34. The predicted molar refractivity (Wildman–Crippen MR) is 59.5 cm³/mol. The molecule has 0 saturated carbocycles. The summed E-state index contributed by atoms with van der Waals surface area (Å²) in [5.74, 6) is 0.557. The smallest absolute Gasteiger partial charge is 0.0672 e. The molecular weight excluding hydrogens is 178 g/mol. The summed E-state index contributed by atoms with van der Waals surface area (Å²) < 4.78 is 10.4. The number of methoxy groups -OCH3 is 1. The number of rotatable bonds is 9. The second kappa shape index (κ2) is 9.19. The first-order valence-electron chi connectivity index (χ1n) is 5.08. The maximum atomic E-state index is 5.34. The van der Waals surface area contributed by atoms with Crippen molar-refractivity contribution in [1.82, 2.24) is 5.32 Å². The molecule has 14 heavy (non-hydrogen) atoms. The standard InChI is InChI=1S/C11H23NO2/c1-10(2)8-14-6-5-12-7-11(3)9-13-4/h11-12H,1,5-9H2,2-4H3. The summed E-state index contributed by atoms with van der Waals surface area (Å²) in [7, 11) is 1.73. The van der Waals surface area contributed by atoms with Crippen molar-refractivity contribution in [1.29, 1.82) is 0 Å². The van der Waals surface area contributed by atoms with Gasteiger partial charge >= 0.3 is 0 Å². The van der Waals surface area contributed by atoms with E-state index in [9.17, 15) is 0 Å². The molecule has 0 radical (unpaired) electrons. The molecule has 3 nitrogen and oxygen atoms in total. The normalized spacial score (nSPS) is 12.8. The third kappa shape index (κ3) is 9.71. The van der Waals surface area contributed by atoms with E-state index in [4.69, 9.17) is 9.47 Å². The first-order valence-corrected chi connectivity index (χ1v) is 5.08. The average Bonchev–Trinajstić information content (AvgIpc) is 2.11. The predicted octanol–water partition coefficient (Wildman–Crippen LogP) is 1.45. The lowest BCUT2D eigenvalue weighted by Crippen LogP contribution is -2.27. The monoisotopic (exact) mass is 201 g/mol. The lowest BCUT2D eigenvalue weighted by atomic mass is 10.2. The van der Waals surface area contributed by atoms with Crippen LogP contribution in [0.1, 0.15) is 13.8 Å². The van der Waals surface area contributed by atoms with Gasteiger partial charge in [0.1, 0.15) is 0 Å². The van der Waals surface area contributed by atoms with E-state index in [1.54, 1.807) is 7.11 Å². The molecule has 0 spiro atoms. The minimum absolute atomic E-state index is 0.557. The topological polar surface area (TPSA) is 30.5 Å². The van der Waals surface area contributed by atoms with E-state index < -0.39 is 0 Å². The van der Waals surface area contributed by atoms with Crippen LogP contribution in [0.4, 0.5) is 0 Å². The summed E-state index contributed by atoms with van der Waals surface area (Å²) in [5.41, 5.74) is 1.07. The van der Waals surface area contributed by atoms with Crippen molar-refractivity contribution >= 4 is 0 Å². The Morgan fingerprint density at radius 3 is 2.79 bits per heavy atom. The Kier molecular flexibility index (Phi) is 8.94. The van der Waals surface area contributed by atoms with Crippen LogP contribution in [0.15, 0.2) is 12.2 Å². The summed E-state index contributed by atoms with van der Waals surface area (Å²) in [4.78, 5) is 0. The SMILES string of the molecule is C=C(C)COCCNCC(C)COC. The number of ether oxygens (including phenoxy) is 2. The van der Waals surface area contributed by atoms with E-state index in [2.05, 4.69) is 18.8 Å². The molecule has 0 rings (SSSR count). The van der Waals surface area contributed by atoms with Gasteiger partial charge in [0.05, 0.1) is 13.2 Å². The summed E-state index contributed by atoms with van der Waals surface area (Å²) in [6.07, 6.45) is 0. The van der Waals surface area contributed by atoms with Gasteiger partial charge in [-0.3, -0.25) is 0 Å². The van der Waals surface area contributed by atoms with Crippen molar-refractivity contribution in [2.45, 2.75) is 13.8 Å². The molecule has 0 aliphatic carbocycles. The van der Waals surface area contributed by atoms with Gasteiger partial charge in [-0.15, -0.1) is 0 Å². The van der Waals surface area contributed by atoms with Crippen LogP contribution < -0.4 is 5.32 Å². The second-order valence-corrected chi connectivity index (χ2v) is 3.77. The van der Waals surface area contributed by atoms with Crippen LogP contribution in [0.3, 0.4) is 0 Å². The lowest BCUT2D eigenvalue weighted by Gasteiger charge is -2.11. The van der Waals surface area contributed by atoms with Crippen LogP contribution >= 0.6 is 0 Å². The molecule has 0 aliphatic rings. The fraction of sp³-hybridized carbons (Fsp3) is 0.818. The molecular formula is C11H23NO2. The highest BCUT2D eigenvalue weighted by Crippen LogP contribution is 1.91. The molecule has 0 aromatic rings. The summed E-state index contributed by atoms with van der Waals surface area (Å²) in [6, 6.07) is 0. The van der Waals surface area contributed by atoms with Crippen LogP contribution in [0.25, 0.3) is 0 Å². The van der Waals surface area contributed by atoms with Crippen LogP contribution in [-0.4, -0.2) is 40.0 Å². The zero-order valence-corrected chi connectivity index (χ0v) is 9.64. The van der Waals surface area contributed by atoms with Gasteiger partial charge in [-0.05, 0) is 19.4 Å². The Bertz CT molecular complexity index is 148. The van der Waals surface area contributed by atoms with Crippen molar-refractivity contribution in [2.75, 3.05) is 40.0 Å². The minimum atomic E-state index is 0.557. The lowest BCUT2D eigenvalue weighted by molar-refractivity contribution is 0.145. The number of hydrogen-bond donors (Lipinski definition) is 1. The summed E-state index contributed by atoms with van der Waals surface area (Å²) in [6.45, 7) is 12.0. The molecule has 0 bridgehead atoms. The highest BCUT2D eigenvalue weighted by Gasteiger charge is 1.99. The van der Waals surface area contributed by atoms with Crippen molar-refractivity contribution in [2.24, 2.45) is 5.92 Å². The first-order chi connectivity index (χ1) is 6.66. The van der Waals surface area contributed by atoms with Gasteiger partial charge in [0.25, 0.3) is 0 Å². The van der Waals surface area contributed by atoms with E-state index in [0.717, 1.165) is 31.9 Å². The minimum Gasteiger partial charge on any atom is -0.384 e. The van der Waals surface area contributed by atoms with Gasteiger partial charge < -0.3 is 14.8 Å². The third-order valence-corrected chi connectivity index (χ3v) is 1.72. The van der Waals surface area contributed by atoms with Crippen LogP contribution in [0.2, 0.25) is 0 Å². The van der Waals surface area contributed by atoms with E-state index >= 15 is 0 Å². The quantitative estimate of drug-likeness (QED) is 0.452. The van der Waals surface area contributed by atoms with Crippen LogP contribution in [0, 0.1) is 5.92 Å². The molecule has 0 aliphatic heterocycles. The molecule has 0 saturated heterocycles. The van der Waals surface area contributed by atoms with Gasteiger partial charge in [0, 0.05) is 20.3 Å². The van der Waals surface area contributed by atoms with Crippen LogP contribution in [0.5, 0.6) is 0 Å². The molecule has 0 fully saturated rings. The molecule has 84 valence electrons. The Labute approximate surface area is 87.5 Å². The Balaban J connectivity index is 3.09. The van der Waals surface area contributed by atoms with Crippen LogP contribution in [-0.2, 0) is 9.47 Å². The zero-order valence-electron chi connectivity index (χ0n) is 9.64. The molecule has 3 heteroatoms. The molecule has 0 heterocycles. The number of hydrogen-bond acceptors (Lipinski definition) is 3. The van der Waals surface area contributed by atoms with Gasteiger partial charge in [-0.1, -0.05) is 19.1 Å². The largest absolute Gasteiger partial charge is 0.384 e. The molecule has 1 N–H and O–H groups in total. The van der Waals surface area contributed by atoms with E-state index in [1.807, 2.05) is 6.92 Å². The average molecular weight is 201 g/mol. The Hall–Kier alpha value is -0.380. The van der Waals surface area contributed by atoms with E-state index in [0.29, 0.717) is 12.5 Å². The summed E-state index contributed by atoms with van der Waals surface area (Å²) >= 11 is 0. The Morgan fingerprint density at radius 2 is 2.21 bits per heavy atom. The van der Waals surface area contributed by atoms with Crippen molar-refractivity contribution in [3.8, 4) is 0 Å². The molecule has 0 aromatic heterocycles. The Morgan fingerprint density at radius 1 is 1.50 bits per heavy atom. The fourth-order valence-corrected chi connectivity index (χ4v) is 1.08. The van der Waals surface area contributed by atoms with E-state index in [1.165, 1.54) is 0 Å². The van der Waals surface area contributed by atoms with Crippen molar-refractivity contribution in [3.05, 3.63) is 12.2 Å².